The zero-order valence-electron chi connectivity index (χ0n) is 31.5. The van der Waals surface area contributed by atoms with Gasteiger partial charge in [-0.05, 0) is 82.6 Å². The van der Waals surface area contributed by atoms with Gasteiger partial charge in [-0.15, -0.1) is 22.7 Å². The molecule has 0 amide bonds. The van der Waals surface area contributed by atoms with Gasteiger partial charge in [-0.3, -0.25) is 0 Å². The smallest absolute Gasteiger partial charge is 0.0381 e. The lowest BCUT2D eigenvalue weighted by Gasteiger charge is -2.12. The van der Waals surface area contributed by atoms with Gasteiger partial charge in [0.05, 0.1) is 0 Å². The van der Waals surface area contributed by atoms with Crippen molar-refractivity contribution in [2.24, 2.45) is 0 Å². The summed E-state index contributed by atoms with van der Waals surface area (Å²) in [6.45, 7) is 4.62. The Balaban J connectivity index is 1.15. The summed E-state index contributed by atoms with van der Waals surface area (Å²) in [6, 6.07) is 9.99. The fourth-order valence-electron chi connectivity index (χ4n) is 8.01. The summed E-state index contributed by atoms with van der Waals surface area (Å²) in [5.41, 5.74) is 3.19. The zero-order chi connectivity index (χ0) is 33.5. The van der Waals surface area contributed by atoms with Crippen LogP contribution in [0.4, 0.5) is 0 Å². The molecule has 0 atom stereocenters. The number of benzene rings is 2. The first-order chi connectivity index (χ1) is 23.8. The highest BCUT2D eigenvalue weighted by molar-refractivity contribution is 7.18. The van der Waals surface area contributed by atoms with Gasteiger partial charge in [0.1, 0.15) is 0 Å². The first-order valence-electron chi connectivity index (χ1n) is 21.1. The molecule has 0 aliphatic carbocycles. The topological polar surface area (TPSA) is 0 Å². The lowest BCUT2D eigenvalue weighted by molar-refractivity contribution is 0.535. The Hall–Kier alpha value is -1.38. The van der Waals surface area contributed by atoms with Crippen molar-refractivity contribution in [1.29, 1.82) is 0 Å². The van der Waals surface area contributed by atoms with E-state index in [0.29, 0.717) is 0 Å². The maximum atomic E-state index is 2.59. The molecular formula is C46H72S2. The molecule has 0 fully saturated rings. The lowest BCUT2D eigenvalue weighted by Crippen LogP contribution is -1.92. The molecule has 2 heteroatoms. The Morgan fingerprint density at radius 2 is 0.604 bits per heavy atom. The Morgan fingerprint density at radius 1 is 0.333 bits per heavy atom. The number of aryl methyl sites for hydroxylation is 2. The molecule has 0 nitrogen and oxygen atoms in total. The van der Waals surface area contributed by atoms with Gasteiger partial charge in [0.25, 0.3) is 0 Å². The molecular weight excluding hydrogens is 617 g/mol. The molecule has 0 unspecified atom stereocenters. The first-order valence-corrected chi connectivity index (χ1v) is 22.9. The largest absolute Gasteiger partial charge is 0.144 e. The number of thiophene rings is 2. The number of hydrogen-bond donors (Lipinski definition) is 0. The molecule has 0 spiro atoms. The van der Waals surface area contributed by atoms with E-state index in [2.05, 4.69) is 48.9 Å². The summed E-state index contributed by atoms with van der Waals surface area (Å²) >= 11 is 3.94. The number of unbranched alkanes of at least 4 members (excludes halogenated alkanes) is 26. The Morgan fingerprint density at radius 3 is 0.896 bits per heavy atom. The van der Waals surface area contributed by atoms with Crippen molar-refractivity contribution >= 4 is 53.6 Å². The molecule has 268 valence electrons. The van der Waals surface area contributed by atoms with Gasteiger partial charge in [0, 0.05) is 20.2 Å². The van der Waals surface area contributed by atoms with Crippen LogP contribution in [-0.2, 0) is 12.8 Å². The van der Waals surface area contributed by atoms with Gasteiger partial charge < -0.3 is 0 Å². The van der Waals surface area contributed by atoms with E-state index in [1.54, 1.807) is 20.5 Å². The second-order valence-corrected chi connectivity index (χ2v) is 17.0. The van der Waals surface area contributed by atoms with Crippen LogP contribution in [0.5, 0.6) is 0 Å². The summed E-state index contributed by atoms with van der Waals surface area (Å²) in [5, 5.41) is 10.7. The monoisotopic (exact) mass is 689 g/mol. The van der Waals surface area contributed by atoms with E-state index in [1.165, 1.54) is 214 Å². The molecule has 0 saturated carbocycles. The van der Waals surface area contributed by atoms with Crippen LogP contribution in [0.3, 0.4) is 0 Å². The highest BCUT2D eigenvalue weighted by Gasteiger charge is 2.14. The zero-order valence-corrected chi connectivity index (χ0v) is 33.1. The van der Waals surface area contributed by atoms with Crippen LogP contribution >= 0.6 is 22.7 Å². The molecule has 4 aromatic rings. The van der Waals surface area contributed by atoms with Crippen LogP contribution in [0, 0.1) is 0 Å². The summed E-state index contributed by atoms with van der Waals surface area (Å²) in [7, 11) is 0. The predicted octanol–water partition coefficient (Wildman–Crippen LogP) is 17.3. The van der Waals surface area contributed by atoms with E-state index >= 15 is 0 Å². The van der Waals surface area contributed by atoms with Crippen molar-refractivity contribution in [3.05, 3.63) is 46.2 Å². The molecule has 2 heterocycles. The second-order valence-electron chi connectivity index (χ2n) is 15.2. The van der Waals surface area contributed by atoms with Crippen molar-refractivity contribution in [2.75, 3.05) is 0 Å². The first kappa shape index (κ1) is 39.4. The predicted molar refractivity (Wildman–Crippen MR) is 223 cm³/mol. The molecule has 0 aliphatic rings. The van der Waals surface area contributed by atoms with Gasteiger partial charge >= 0.3 is 0 Å². The maximum absolute atomic E-state index is 2.59. The van der Waals surface area contributed by atoms with Gasteiger partial charge in [0.2, 0.25) is 0 Å². The standard InChI is InChI=1S/C46H72S2/c1-3-5-7-9-11-13-15-17-19-21-23-25-27-29-31-39-37-43-42-34-36-48-46(42)40(38-44(43)41-33-35-47-45(39)41)32-30-28-26-24-22-20-18-16-14-12-10-8-6-4-2/h33-38H,3-32H2,1-2H3. The minimum absolute atomic E-state index is 1.23. The van der Waals surface area contributed by atoms with Crippen LogP contribution in [0.15, 0.2) is 35.0 Å². The van der Waals surface area contributed by atoms with Crippen molar-refractivity contribution in [3.8, 4) is 0 Å². The highest BCUT2D eigenvalue weighted by Crippen LogP contribution is 2.40. The quantitative estimate of drug-likeness (QED) is 0.0478. The number of hydrogen-bond acceptors (Lipinski definition) is 2. The fourth-order valence-corrected chi connectivity index (χ4v) is 9.93. The van der Waals surface area contributed by atoms with E-state index < -0.39 is 0 Å². The molecule has 48 heavy (non-hydrogen) atoms. The van der Waals surface area contributed by atoms with Crippen LogP contribution < -0.4 is 0 Å². The average Bonchev–Trinajstić information content (AvgIpc) is 3.80. The van der Waals surface area contributed by atoms with Gasteiger partial charge in [0.15, 0.2) is 0 Å². The third kappa shape index (κ3) is 13.7. The van der Waals surface area contributed by atoms with Crippen LogP contribution in [0.1, 0.15) is 205 Å². The molecule has 2 aromatic carbocycles. The minimum atomic E-state index is 1.23. The average molecular weight is 689 g/mol. The van der Waals surface area contributed by atoms with Crippen molar-refractivity contribution in [1.82, 2.24) is 0 Å². The van der Waals surface area contributed by atoms with Gasteiger partial charge in [-0.2, -0.15) is 0 Å². The summed E-state index contributed by atoms with van der Waals surface area (Å²) in [4.78, 5) is 0. The molecule has 0 N–H and O–H groups in total. The molecule has 2 aromatic heterocycles. The normalized spacial score (nSPS) is 12.0. The molecule has 0 bridgehead atoms. The number of rotatable bonds is 30. The van der Waals surface area contributed by atoms with E-state index in [-0.39, 0.29) is 0 Å². The Labute approximate surface area is 304 Å². The van der Waals surface area contributed by atoms with E-state index in [4.69, 9.17) is 0 Å². The highest BCUT2D eigenvalue weighted by atomic mass is 32.1. The van der Waals surface area contributed by atoms with E-state index in [9.17, 15) is 0 Å². The van der Waals surface area contributed by atoms with Crippen LogP contribution in [-0.4, -0.2) is 0 Å². The SMILES string of the molecule is CCCCCCCCCCCCCCCCc1cc2c3ccsc3c(CCCCCCCCCCCCCCCC)cc2c2ccsc12. The lowest BCUT2D eigenvalue weighted by atomic mass is 9.94. The maximum Gasteiger partial charge on any atom is 0.0381 e. The van der Waals surface area contributed by atoms with Crippen molar-refractivity contribution in [2.45, 2.75) is 206 Å². The molecule has 4 rings (SSSR count). The molecule has 0 aliphatic heterocycles. The van der Waals surface area contributed by atoms with Crippen molar-refractivity contribution < 1.29 is 0 Å². The second kappa shape index (κ2) is 24.7. The summed E-state index contributed by atoms with van der Waals surface area (Å²) in [6.07, 6.45) is 42.5. The molecule has 0 saturated heterocycles. The third-order valence-corrected chi connectivity index (χ3v) is 13.0. The third-order valence-electron chi connectivity index (χ3n) is 11.0. The van der Waals surface area contributed by atoms with Crippen molar-refractivity contribution in [3.63, 3.8) is 0 Å². The summed E-state index contributed by atoms with van der Waals surface area (Å²) < 4.78 is 3.10. The van der Waals surface area contributed by atoms with Gasteiger partial charge in [-0.25, -0.2) is 0 Å². The van der Waals surface area contributed by atoms with E-state index in [0.717, 1.165) is 0 Å². The fraction of sp³-hybridized carbons (Fsp3) is 0.696. The van der Waals surface area contributed by atoms with E-state index in [1.807, 2.05) is 22.7 Å². The van der Waals surface area contributed by atoms with Gasteiger partial charge in [-0.1, -0.05) is 181 Å². The van der Waals surface area contributed by atoms with Crippen LogP contribution in [0.25, 0.3) is 30.9 Å². The Bertz CT molecular complexity index is 1270. The minimum Gasteiger partial charge on any atom is -0.144 e. The molecule has 0 radical (unpaired) electrons. The summed E-state index contributed by atoms with van der Waals surface area (Å²) in [5.74, 6) is 0. The van der Waals surface area contributed by atoms with Crippen LogP contribution in [0.2, 0.25) is 0 Å². The Kier molecular flexibility index (Phi) is 20.3. The number of fused-ring (bicyclic) bond motifs is 5.